The first-order valence-corrected chi connectivity index (χ1v) is 4.99. The largest absolute Gasteiger partial charge is 0.261 e. The van der Waals surface area contributed by atoms with Gasteiger partial charge in [0.1, 0.15) is 0 Å². The molecule has 0 saturated carbocycles. The van der Waals surface area contributed by atoms with Crippen LogP contribution in [-0.4, -0.2) is 4.98 Å². The van der Waals surface area contributed by atoms with Gasteiger partial charge in [0.15, 0.2) is 0 Å². The molecule has 1 heterocycles. The molecular weight excluding hydrogens is 158 g/mol. The van der Waals surface area contributed by atoms with Gasteiger partial charge >= 0.3 is 0 Å². The van der Waals surface area contributed by atoms with Crippen LogP contribution >= 0.6 is 0 Å². The second-order valence-electron chi connectivity index (χ2n) is 4.55. The minimum absolute atomic E-state index is 0.170. The monoisotopic (exact) mass is 177 g/mol. The molecule has 1 rings (SSSR count). The second kappa shape index (κ2) is 3.91. The number of rotatable bonds is 2. The third-order valence-corrected chi connectivity index (χ3v) is 2.13. The molecule has 72 valence electrons. The van der Waals surface area contributed by atoms with Gasteiger partial charge in [-0.1, -0.05) is 34.1 Å². The van der Waals surface area contributed by atoms with Crippen LogP contribution in [0.15, 0.2) is 18.3 Å². The predicted octanol–water partition coefficient (Wildman–Crippen LogP) is 3.33. The standard InChI is InChI=1S/C12H19N/c1-5-6-10-7-8-13-11(9-10)12(2,3)4/h7-9H,5-6H2,1-4H3. The van der Waals surface area contributed by atoms with Crippen LogP contribution in [-0.2, 0) is 11.8 Å². The van der Waals surface area contributed by atoms with Crippen molar-refractivity contribution in [2.75, 3.05) is 0 Å². The van der Waals surface area contributed by atoms with Gasteiger partial charge in [-0.05, 0) is 24.1 Å². The zero-order valence-corrected chi connectivity index (χ0v) is 9.09. The quantitative estimate of drug-likeness (QED) is 0.675. The Morgan fingerprint density at radius 2 is 2.00 bits per heavy atom. The number of hydrogen-bond acceptors (Lipinski definition) is 1. The fourth-order valence-corrected chi connectivity index (χ4v) is 1.33. The molecule has 0 aromatic carbocycles. The molecule has 1 heteroatoms. The molecule has 0 spiro atoms. The van der Waals surface area contributed by atoms with Crippen LogP contribution in [0.1, 0.15) is 45.4 Å². The number of aryl methyl sites for hydroxylation is 1. The summed E-state index contributed by atoms with van der Waals surface area (Å²) in [6.45, 7) is 8.80. The average molecular weight is 177 g/mol. The summed E-state index contributed by atoms with van der Waals surface area (Å²) >= 11 is 0. The maximum atomic E-state index is 4.39. The third kappa shape index (κ3) is 2.83. The normalized spacial score (nSPS) is 11.7. The lowest BCUT2D eigenvalue weighted by atomic mass is 9.90. The highest BCUT2D eigenvalue weighted by molar-refractivity contribution is 5.21. The Balaban J connectivity index is 2.92. The highest BCUT2D eigenvalue weighted by atomic mass is 14.7. The van der Waals surface area contributed by atoms with Crippen molar-refractivity contribution in [3.05, 3.63) is 29.6 Å². The first-order chi connectivity index (χ1) is 6.04. The van der Waals surface area contributed by atoms with Crippen molar-refractivity contribution in [3.8, 4) is 0 Å². The van der Waals surface area contributed by atoms with Crippen molar-refractivity contribution >= 4 is 0 Å². The lowest BCUT2D eigenvalue weighted by molar-refractivity contribution is 0.567. The van der Waals surface area contributed by atoms with Crippen LogP contribution in [0.3, 0.4) is 0 Å². The Hall–Kier alpha value is -0.850. The topological polar surface area (TPSA) is 12.9 Å². The second-order valence-corrected chi connectivity index (χ2v) is 4.55. The van der Waals surface area contributed by atoms with E-state index in [0.717, 1.165) is 6.42 Å². The summed E-state index contributed by atoms with van der Waals surface area (Å²) in [5.74, 6) is 0. The van der Waals surface area contributed by atoms with Crippen LogP contribution in [0.25, 0.3) is 0 Å². The molecule has 0 bridgehead atoms. The number of hydrogen-bond donors (Lipinski definition) is 0. The molecule has 0 saturated heterocycles. The first kappa shape index (κ1) is 10.2. The van der Waals surface area contributed by atoms with Crippen LogP contribution in [0, 0.1) is 0 Å². The van der Waals surface area contributed by atoms with E-state index in [4.69, 9.17) is 0 Å². The van der Waals surface area contributed by atoms with Crippen molar-refractivity contribution in [2.24, 2.45) is 0 Å². The van der Waals surface area contributed by atoms with Gasteiger partial charge < -0.3 is 0 Å². The average Bonchev–Trinajstić information content (AvgIpc) is 2.04. The number of aromatic nitrogens is 1. The SMILES string of the molecule is CCCc1ccnc(C(C)(C)C)c1. The summed E-state index contributed by atoms with van der Waals surface area (Å²) < 4.78 is 0. The van der Waals surface area contributed by atoms with E-state index in [2.05, 4.69) is 44.8 Å². The first-order valence-electron chi connectivity index (χ1n) is 4.99. The van der Waals surface area contributed by atoms with Crippen LogP contribution in [0.5, 0.6) is 0 Å². The molecule has 13 heavy (non-hydrogen) atoms. The highest BCUT2D eigenvalue weighted by Crippen LogP contribution is 2.20. The third-order valence-electron chi connectivity index (χ3n) is 2.13. The summed E-state index contributed by atoms with van der Waals surface area (Å²) in [5, 5.41) is 0. The summed E-state index contributed by atoms with van der Waals surface area (Å²) in [6.07, 6.45) is 4.28. The summed E-state index contributed by atoms with van der Waals surface area (Å²) in [7, 11) is 0. The minimum Gasteiger partial charge on any atom is -0.261 e. The van der Waals surface area contributed by atoms with Gasteiger partial charge in [0, 0.05) is 17.3 Å². The van der Waals surface area contributed by atoms with Gasteiger partial charge in [-0.25, -0.2) is 0 Å². The lowest BCUT2D eigenvalue weighted by Gasteiger charge is -2.18. The number of pyridine rings is 1. The molecule has 0 amide bonds. The molecule has 1 nitrogen and oxygen atoms in total. The van der Waals surface area contributed by atoms with Crippen molar-refractivity contribution in [1.29, 1.82) is 0 Å². The number of nitrogens with zero attached hydrogens (tertiary/aromatic N) is 1. The lowest BCUT2D eigenvalue weighted by Crippen LogP contribution is -2.13. The van der Waals surface area contributed by atoms with Gasteiger partial charge in [-0.2, -0.15) is 0 Å². The molecule has 0 unspecified atom stereocenters. The van der Waals surface area contributed by atoms with Crippen LogP contribution in [0.4, 0.5) is 0 Å². The van der Waals surface area contributed by atoms with Crippen molar-refractivity contribution < 1.29 is 0 Å². The van der Waals surface area contributed by atoms with Gasteiger partial charge in [0.2, 0.25) is 0 Å². The highest BCUT2D eigenvalue weighted by Gasteiger charge is 2.14. The van der Waals surface area contributed by atoms with Gasteiger partial charge in [0.05, 0.1) is 0 Å². The van der Waals surface area contributed by atoms with E-state index in [9.17, 15) is 0 Å². The Morgan fingerprint density at radius 3 is 2.54 bits per heavy atom. The minimum atomic E-state index is 0.170. The molecule has 1 aromatic rings. The molecule has 0 aliphatic carbocycles. The van der Waals surface area contributed by atoms with Gasteiger partial charge in [0.25, 0.3) is 0 Å². The van der Waals surface area contributed by atoms with E-state index in [1.54, 1.807) is 0 Å². The van der Waals surface area contributed by atoms with E-state index in [-0.39, 0.29) is 5.41 Å². The molecular formula is C12H19N. The predicted molar refractivity (Wildman–Crippen MR) is 56.9 cm³/mol. The van der Waals surface area contributed by atoms with E-state index in [1.165, 1.54) is 17.7 Å². The summed E-state index contributed by atoms with van der Waals surface area (Å²) in [4.78, 5) is 4.39. The molecule has 0 atom stereocenters. The summed E-state index contributed by atoms with van der Waals surface area (Å²) in [5.41, 5.74) is 2.77. The zero-order chi connectivity index (χ0) is 9.90. The van der Waals surface area contributed by atoms with Gasteiger partial charge in [-0.3, -0.25) is 4.98 Å². The Labute approximate surface area is 81.2 Å². The molecule has 0 aliphatic heterocycles. The smallest absolute Gasteiger partial charge is 0.0459 e. The molecule has 1 aromatic heterocycles. The van der Waals surface area contributed by atoms with E-state index < -0.39 is 0 Å². The van der Waals surface area contributed by atoms with Crippen molar-refractivity contribution in [2.45, 2.75) is 46.0 Å². The fraction of sp³-hybridized carbons (Fsp3) is 0.583. The maximum Gasteiger partial charge on any atom is 0.0459 e. The van der Waals surface area contributed by atoms with E-state index >= 15 is 0 Å². The Morgan fingerprint density at radius 1 is 1.31 bits per heavy atom. The van der Waals surface area contributed by atoms with E-state index in [1.807, 2.05) is 6.20 Å². The molecule has 0 N–H and O–H groups in total. The Kier molecular flexibility index (Phi) is 3.07. The Bertz CT molecular complexity index is 271. The molecule has 0 radical (unpaired) electrons. The summed E-state index contributed by atoms with van der Waals surface area (Å²) in [6, 6.07) is 4.34. The fourth-order valence-electron chi connectivity index (χ4n) is 1.33. The van der Waals surface area contributed by atoms with E-state index in [0.29, 0.717) is 0 Å². The van der Waals surface area contributed by atoms with Crippen LogP contribution < -0.4 is 0 Å². The van der Waals surface area contributed by atoms with Gasteiger partial charge in [-0.15, -0.1) is 0 Å². The molecule has 0 fully saturated rings. The molecule has 0 aliphatic rings. The zero-order valence-electron chi connectivity index (χ0n) is 9.09. The maximum absolute atomic E-state index is 4.39. The van der Waals surface area contributed by atoms with Crippen molar-refractivity contribution in [3.63, 3.8) is 0 Å². The van der Waals surface area contributed by atoms with Crippen molar-refractivity contribution in [1.82, 2.24) is 4.98 Å². The van der Waals surface area contributed by atoms with Crippen LogP contribution in [0.2, 0.25) is 0 Å².